The number of carbonyl (C=O) groups is 1. The molecule has 1 amide bonds. The molecule has 0 saturated carbocycles. The van der Waals surface area contributed by atoms with E-state index in [-0.39, 0.29) is 6.09 Å². The summed E-state index contributed by atoms with van der Waals surface area (Å²) in [4.78, 5) is 15.9. The number of carbonyl (C=O) groups excluding carboxylic acids is 1. The minimum atomic E-state index is -0.428. The molecule has 4 nitrogen and oxygen atoms in total. The molecule has 0 bridgehead atoms. The second-order valence-corrected chi connectivity index (χ2v) is 7.10. The fourth-order valence-corrected chi connectivity index (χ4v) is 2.36. The van der Waals surface area contributed by atoms with Gasteiger partial charge in [-0.25, -0.2) is 4.79 Å². The first kappa shape index (κ1) is 17.9. The molecule has 1 rings (SSSR count). The summed E-state index contributed by atoms with van der Waals surface area (Å²) in [6, 6.07) is 0. The molecule has 5 heteroatoms. The monoisotopic (exact) mass is 314 g/mol. The van der Waals surface area contributed by atoms with E-state index in [0.717, 1.165) is 32.5 Å². The van der Waals surface area contributed by atoms with E-state index in [4.69, 9.17) is 16.3 Å². The fraction of sp³-hybridized carbons (Fsp3) is 0.688. The normalized spacial score (nSPS) is 17.1. The Morgan fingerprint density at radius 1 is 1.43 bits per heavy atom. The van der Waals surface area contributed by atoms with Crippen LogP contribution in [-0.2, 0) is 4.74 Å². The maximum Gasteiger partial charge on any atom is 0.410 e. The highest BCUT2D eigenvalue weighted by molar-refractivity contribution is 6.30. The van der Waals surface area contributed by atoms with E-state index < -0.39 is 5.60 Å². The van der Waals surface area contributed by atoms with E-state index in [0.29, 0.717) is 11.0 Å². The molecular weight excluding hydrogens is 288 g/mol. The van der Waals surface area contributed by atoms with Crippen LogP contribution in [0.15, 0.2) is 23.9 Å². The molecule has 120 valence electrons. The van der Waals surface area contributed by atoms with Gasteiger partial charge >= 0.3 is 6.09 Å². The summed E-state index contributed by atoms with van der Waals surface area (Å²) in [5, 5.41) is 0.529. The molecule has 1 aliphatic heterocycles. The predicted octanol–water partition coefficient (Wildman–Crippen LogP) is 3.83. The van der Waals surface area contributed by atoms with Crippen LogP contribution in [0.1, 0.15) is 33.6 Å². The number of nitrogens with zero attached hydrogens (tertiary/aromatic N) is 2. The van der Waals surface area contributed by atoms with Crippen LogP contribution in [-0.4, -0.2) is 48.2 Å². The lowest BCUT2D eigenvalue weighted by atomic mass is 9.96. The van der Waals surface area contributed by atoms with Gasteiger partial charge in [-0.15, -0.1) is 0 Å². The molecule has 1 aliphatic rings. The van der Waals surface area contributed by atoms with Gasteiger partial charge < -0.3 is 14.5 Å². The van der Waals surface area contributed by atoms with Crippen molar-refractivity contribution in [3.05, 3.63) is 23.9 Å². The Labute approximate surface area is 133 Å². The molecule has 1 fully saturated rings. The number of halogens is 1. The average Bonchev–Trinajstić information content (AvgIpc) is 2.35. The Morgan fingerprint density at radius 3 is 2.48 bits per heavy atom. The third-order valence-corrected chi connectivity index (χ3v) is 3.45. The largest absolute Gasteiger partial charge is 0.444 e. The molecule has 0 aromatic carbocycles. The summed E-state index contributed by atoms with van der Waals surface area (Å²) >= 11 is 5.71. The maximum absolute atomic E-state index is 12.0. The lowest BCUT2D eigenvalue weighted by Crippen LogP contribution is -2.43. The summed E-state index contributed by atoms with van der Waals surface area (Å²) < 4.78 is 5.40. The number of hydrogen-bond donors (Lipinski definition) is 0. The SMILES string of the molecule is C=C(Cl)/C=C/N(C)CC1CCN(C(=O)OC(C)(C)C)CC1. The lowest BCUT2D eigenvalue weighted by molar-refractivity contribution is 0.0177. The van der Waals surface area contributed by atoms with Crippen molar-refractivity contribution in [2.24, 2.45) is 5.92 Å². The van der Waals surface area contributed by atoms with Crippen molar-refractivity contribution in [1.29, 1.82) is 0 Å². The van der Waals surface area contributed by atoms with Gasteiger partial charge in [-0.1, -0.05) is 18.2 Å². The van der Waals surface area contributed by atoms with Gasteiger partial charge in [0.1, 0.15) is 5.60 Å². The Morgan fingerprint density at radius 2 is 2.00 bits per heavy atom. The zero-order chi connectivity index (χ0) is 16.0. The van der Waals surface area contributed by atoms with Gasteiger partial charge in [0, 0.05) is 37.9 Å². The minimum absolute atomic E-state index is 0.201. The number of rotatable bonds is 4. The number of piperidine rings is 1. The molecule has 0 radical (unpaired) electrons. The van der Waals surface area contributed by atoms with Crippen molar-refractivity contribution in [3.63, 3.8) is 0 Å². The second-order valence-electron chi connectivity index (χ2n) is 6.61. The Hall–Kier alpha value is -1.16. The van der Waals surface area contributed by atoms with Gasteiger partial charge in [-0.3, -0.25) is 0 Å². The summed E-state index contributed by atoms with van der Waals surface area (Å²) in [5.41, 5.74) is -0.428. The van der Waals surface area contributed by atoms with E-state index in [2.05, 4.69) is 11.5 Å². The zero-order valence-electron chi connectivity index (χ0n) is 13.6. The van der Waals surface area contributed by atoms with Crippen molar-refractivity contribution < 1.29 is 9.53 Å². The molecular formula is C16H27ClN2O2. The molecule has 0 aliphatic carbocycles. The first-order valence-corrected chi connectivity index (χ1v) is 7.76. The van der Waals surface area contributed by atoms with Gasteiger partial charge in [0.2, 0.25) is 0 Å². The second kappa shape index (κ2) is 7.74. The highest BCUT2D eigenvalue weighted by atomic mass is 35.5. The van der Waals surface area contributed by atoms with Gasteiger partial charge in [0.05, 0.1) is 0 Å². The number of amides is 1. The molecule has 0 aromatic rings. The molecule has 21 heavy (non-hydrogen) atoms. The molecule has 0 aromatic heterocycles. The average molecular weight is 315 g/mol. The Kier molecular flexibility index (Phi) is 6.59. The van der Waals surface area contributed by atoms with Gasteiger partial charge in [-0.2, -0.15) is 0 Å². The third kappa shape index (κ3) is 7.42. The first-order valence-electron chi connectivity index (χ1n) is 7.38. The van der Waals surface area contributed by atoms with E-state index >= 15 is 0 Å². The molecule has 0 N–H and O–H groups in total. The van der Waals surface area contributed by atoms with Crippen LogP contribution in [0.5, 0.6) is 0 Å². The van der Waals surface area contributed by atoms with Crippen molar-refractivity contribution in [2.45, 2.75) is 39.2 Å². The van der Waals surface area contributed by atoms with Crippen LogP contribution < -0.4 is 0 Å². The standard InChI is InChI=1S/C16H27ClN2O2/c1-13(17)6-9-18(5)12-14-7-10-19(11-8-14)15(20)21-16(2,3)4/h6,9,14H,1,7-8,10-12H2,2-5H3/b9-6+. The molecule has 0 unspecified atom stereocenters. The molecule has 1 heterocycles. The molecule has 0 spiro atoms. The van der Waals surface area contributed by atoms with Crippen LogP contribution in [0, 0.1) is 5.92 Å². The van der Waals surface area contributed by atoms with E-state index in [1.165, 1.54) is 0 Å². The van der Waals surface area contributed by atoms with Gasteiger partial charge in [-0.05, 0) is 45.6 Å². The van der Waals surface area contributed by atoms with Crippen LogP contribution >= 0.6 is 11.6 Å². The molecule has 0 atom stereocenters. The van der Waals surface area contributed by atoms with E-state index in [1.807, 2.05) is 34.0 Å². The number of likely N-dealkylation sites (tertiary alicyclic amines) is 1. The summed E-state index contributed by atoms with van der Waals surface area (Å²) in [6.07, 6.45) is 5.53. The van der Waals surface area contributed by atoms with Gasteiger partial charge in [0.15, 0.2) is 0 Å². The minimum Gasteiger partial charge on any atom is -0.444 e. The first-order chi connectivity index (χ1) is 9.67. The number of hydrogen-bond acceptors (Lipinski definition) is 3. The predicted molar refractivity (Wildman–Crippen MR) is 87.3 cm³/mol. The maximum atomic E-state index is 12.0. The fourth-order valence-electron chi connectivity index (χ4n) is 2.30. The van der Waals surface area contributed by atoms with Crippen molar-refractivity contribution in [1.82, 2.24) is 9.80 Å². The molecule has 1 saturated heterocycles. The van der Waals surface area contributed by atoms with Crippen molar-refractivity contribution in [2.75, 3.05) is 26.7 Å². The summed E-state index contributed by atoms with van der Waals surface area (Å²) in [6.45, 7) is 11.8. The van der Waals surface area contributed by atoms with Crippen LogP contribution in [0.3, 0.4) is 0 Å². The number of allylic oxidation sites excluding steroid dienone is 2. The number of ether oxygens (including phenoxy) is 1. The van der Waals surface area contributed by atoms with Crippen LogP contribution in [0.4, 0.5) is 4.79 Å². The lowest BCUT2D eigenvalue weighted by Gasteiger charge is -2.34. The quantitative estimate of drug-likeness (QED) is 0.739. The van der Waals surface area contributed by atoms with Crippen LogP contribution in [0.2, 0.25) is 0 Å². The van der Waals surface area contributed by atoms with Crippen molar-refractivity contribution >= 4 is 17.7 Å². The van der Waals surface area contributed by atoms with Crippen molar-refractivity contribution in [3.8, 4) is 0 Å². The smallest absolute Gasteiger partial charge is 0.410 e. The third-order valence-electron chi connectivity index (χ3n) is 3.32. The van der Waals surface area contributed by atoms with Crippen LogP contribution in [0.25, 0.3) is 0 Å². The highest BCUT2D eigenvalue weighted by Crippen LogP contribution is 2.20. The van der Waals surface area contributed by atoms with Gasteiger partial charge in [0.25, 0.3) is 0 Å². The Bertz CT molecular complexity index is 394. The van der Waals surface area contributed by atoms with E-state index in [1.54, 1.807) is 11.0 Å². The summed E-state index contributed by atoms with van der Waals surface area (Å²) in [7, 11) is 2.02. The topological polar surface area (TPSA) is 32.8 Å². The van der Waals surface area contributed by atoms with E-state index in [9.17, 15) is 4.79 Å². The zero-order valence-corrected chi connectivity index (χ0v) is 14.3. The summed E-state index contributed by atoms with van der Waals surface area (Å²) in [5.74, 6) is 0.585. The Balaban J connectivity index is 2.35. The highest BCUT2D eigenvalue weighted by Gasteiger charge is 2.26.